The highest BCUT2D eigenvalue weighted by Crippen LogP contribution is 2.05. The number of rotatable bonds is 4. The molecular formula is C9H20N4O. The molecular weight excluding hydrogens is 180 g/mol. The molecule has 0 aromatic carbocycles. The fourth-order valence-corrected chi connectivity index (χ4v) is 1.52. The van der Waals surface area contributed by atoms with E-state index in [2.05, 4.69) is 10.6 Å². The van der Waals surface area contributed by atoms with Crippen molar-refractivity contribution in [2.75, 3.05) is 40.3 Å². The van der Waals surface area contributed by atoms with Crippen LogP contribution in [0, 0.1) is 5.92 Å². The summed E-state index contributed by atoms with van der Waals surface area (Å²) in [5.41, 5.74) is 5.78. The molecule has 1 fully saturated rings. The second-order valence-corrected chi connectivity index (χ2v) is 4.02. The fourth-order valence-electron chi connectivity index (χ4n) is 1.52. The Kier molecular flexibility index (Phi) is 4.31. The van der Waals surface area contributed by atoms with Crippen LogP contribution in [0.25, 0.3) is 0 Å². The molecule has 0 radical (unpaired) electrons. The molecule has 0 saturated carbocycles. The van der Waals surface area contributed by atoms with Gasteiger partial charge in [-0.2, -0.15) is 0 Å². The third kappa shape index (κ3) is 3.25. The average Bonchev–Trinajstić information content (AvgIpc) is 2.50. The summed E-state index contributed by atoms with van der Waals surface area (Å²) in [6, 6.07) is -0.0330. The molecule has 2 unspecified atom stereocenters. The first-order valence-corrected chi connectivity index (χ1v) is 5.00. The molecule has 4 N–H and O–H groups in total. The molecule has 0 aromatic heterocycles. The van der Waals surface area contributed by atoms with E-state index in [0.29, 0.717) is 13.1 Å². The van der Waals surface area contributed by atoms with Gasteiger partial charge in [-0.15, -0.1) is 0 Å². The van der Waals surface area contributed by atoms with Crippen molar-refractivity contribution in [3.05, 3.63) is 0 Å². The number of nitrogens with zero attached hydrogens (tertiary/aromatic N) is 1. The van der Waals surface area contributed by atoms with Crippen LogP contribution in [0.5, 0.6) is 0 Å². The van der Waals surface area contributed by atoms with Crippen LogP contribution in [-0.4, -0.2) is 57.1 Å². The second-order valence-electron chi connectivity index (χ2n) is 4.02. The number of nitrogens with one attached hydrogen (secondary N) is 2. The van der Waals surface area contributed by atoms with Gasteiger partial charge in [-0.25, -0.2) is 0 Å². The van der Waals surface area contributed by atoms with Gasteiger partial charge in [0.15, 0.2) is 0 Å². The van der Waals surface area contributed by atoms with Crippen molar-refractivity contribution in [1.82, 2.24) is 15.5 Å². The lowest BCUT2D eigenvalue weighted by atomic mass is 10.0. The van der Waals surface area contributed by atoms with Crippen molar-refractivity contribution >= 4 is 5.91 Å². The van der Waals surface area contributed by atoms with Gasteiger partial charge in [-0.05, 0) is 14.1 Å². The molecule has 5 heteroatoms. The Balaban J connectivity index is 2.21. The minimum Gasteiger partial charge on any atom is -0.354 e. The molecule has 14 heavy (non-hydrogen) atoms. The lowest BCUT2D eigenvalue weighted by molar-refractivity contribution is -0.124. The summed E-state index contributed by atoms with van der Waals surface area (Å²) in [7, 11) is 3.96. The van der Waals surface area contributed by atoms with Gasteiger partial charge in [0.1, 0.15) is 0 Å². The molecule has 1 saturated heterocycles. The number of likely N-dealkylation sites (N-methyl/N-ethyl adjacent to an activating group) is 1. The zero-order valence-corrected chi connectivity index (χ0v) is 8.92. The van der Waals surface area contributed by atoms with Gasteiger partial charge in [0, 0.05) is 32.2 Å². The van der Waals surface area contributed by atoms with Gasteiger partial charge in [-0.1, -0.05) is 0 Å². The monoisotopic (exact) mass is 200 g/mol. The Labute approximate surface area is 85.0 Å². The maximum atomic E-state index is 11.6. The maximum absolute atomic E-state index is 11.6. The third-order valence-electron chi connectivity index (χ3n) is 2.46. The Hall–Kier alpha value is -0.650. The van der Waals surface area contributed by atoms with Crippen LogP contribution >= 0.6 is 0 Å². The molecule has 0 spiro atoms. The molecule has 2 atom stereocenters. The highest BCUT2D eigenvalue weighted by atomic mass is 16.1. The van der Waals surface area contributed by atoms with Crippen molar-refractivity contribution in [2.45, 2.75) is 6.04 Å². The normalized spacial score (nSPS) is 26.9. The lowest BCUT2D eigenvalue weighted by Crippen LogP contribution is -2.42. The predicted molar refractivity (Wildman–Crippen MR) is 55.9 cm³/mol. The van der Waals surface area contributed by atoms with Gasteiger partial charge in [0.25, 0.3) is 0 Å². The predicted octanol–water partition coefficient (Wildman–Crippen LogP) is -1.79. The Morgan fingerprint density at radius 3 is 2.79 bits per heavy atom. The van der Waals surface area contributed by atoms with Crippen LogP contribution in [-0.2, 0) is 4.79 Å². The van der Waals surface area contributed by atoms with Gasteiger partial charge in [-0.3, -0.25) is 4.79 Å². The second kappa shape index (κ2) is 5.29. The topological polar surface area (TPSA) is 70.4 Å². The van der Waals surface area contributed by atoms with Gasteiger partial charge in [0.05, 0.1) is 5.92 Å². The van der Waals surface area contributed by atoms with Crippen LogP contribution < -0.4 is 16.4 Å². The molecule has 1 rings (SSSR count). The van der Waals surface area contributed by atoms with Crippen molar-refractivity contribution in [2.24, 2.45) is 11.7 Å². The first-order valence-electron chi connectivity index (χ1n) is 5.00. The van der Waals surface area contributed by atoms with E-state index in [-0.39, 0.29) is 17.9 Å². The molecule has 1 aliphatic heterocycles. The van der Waals surface area contributed by atoms with E-state index in [1.165, 1.54) is 0 Å². The van der Waals surface area contributed by atoms with Crippen molar-refractivity contribution < 1.29 is 4.79 Å². The van der Waals surface area contributed by atoms with E-state index < -0.39 is 0 Å². The minimum atomic E-state index is -0.0582. The van der Waals surface area contributed by atoms with Crippen molar-refractivity contribution in [1.29, 1.82) is 0 Å². The lowest BCUT2D eigenvalue weighted by Gasteiger charge is -2.15. The number of nitrogens with two attached hydrogens (primary N) is 1. The molecule has 0 aromatic rings. The van der Waals surface area contributed by atoms with E-state index >= 15 is 0 Å². The van der Waals surface area contributed by atoms with E-state index in [0.717, 1.165) is 13.1 Å². The van der Waals surface area contributed by atoms with Crippen LogP contribution in [0.15, 0.2) is 0 Å². The Morgan fingerprint density at radius 1 is 1.57 bits per heavy atom. The fraction of sp³-hybridized carbons (Fsp3) is 0.889. The number of amides is 1. The summed E-state index contributed by atoms with van der Waals surface area (Å²) >= 11 is 0. The highest BCUT2D eigenvalue weighted by molar-refractivity contribution is 5.80. The number of carbonyl (C=O) groups is 1. The maximum Gasteiger partial charge on any atom is 0.226 e. The Morgan fingerprint density at radius 2 is 2.29 bits per heavy atom. The standard InChI is InChI=1S/C9H20N4O/c1-13(2)4-3-12-9(14)7-5-11-6-8(7)10/h7-8,11H,3-6,10H2,1-2H3,(H,12,14). The van der Waals surface area contributed by atoms with Gasteiger partial charge in [0.2, 0.25) is 5.91 Å². The van der Waals surface area contributed by atoms with Crippen molar-refractivity contribution in [3.8, 4) is 0 Å². The zero-order valence-electron chi connectivity index (χ0n) is 8.92. The SMILES string of the molecule is CN(C)CCNC(=O)C1CNCC1N. The zero-order chi connectivity index (χ0) is 10.6. The highest BCUT2D eigenvalue weighted by Gasteiger charge is 2.29. The van der Waals surface area contributed by atoms with Crippen LogP contribution in [0.1, 0.15) is 0 Å². The summed E-state index contributed by atoms with van der Waals surface area (Å²) in [6.07, 6.45) is 0. The summed E-state index contributed by atoms with van der Waals surface area (Å²) in [5, 5.41) is 5.99. The first-order chi connectivity index (χ1) is 6.61. The minimum absolute atomic E-state index is 0.0330. The van der Waals surface area contributed by atoms with Gasteiger partial charge >= 0.3 is 0 Å². The van der Waals surface area contributed by atoms with Crippen LogP contribution in [0.3, 0.4) is 0 Å². The average molecular weight is 200 g/mol. The summed E-state index contributed by atoms with van der Waals surface area (Å²) < 4.78 is 0. The summed E-state index contributed by atoms with van der Waals surface area (Å²) in [4.78, 5) is 13.6. The molecule has 0 aliphatic carbocycles. The Bertz CT molecular complexity index is 195. The molecule has 5 nitrogen and oxygen atoms in total. The summed E-state index contributed by atoms with van der Waals surface area (Å²) in [5.74, 6) is 0.0153. The molecule has 1 aliphatic rings. The van der Waals surface area contributed by atoms with Gasteiger partial charge < -0.3 is 21.3 Å². The molecule has 1 heterocycles. The first kappa shape index (κ1) is 11.4. The van der Waals surface area contributed by atoms with E-state index in [4.69, 9.17) is 5.73 Å². The summed E-state index contributed by atoms with van der Waals surface area (Å²) in [6.45, 7) is 3.00. The quantitative estimate of drug-likeness (QED) is 0.501. The number of hydrogen-bond acceptors (Lipinski definition) is 4. The molecule has 82 valence electrons. The molecule has 0 bridgehead atoms. The molecule has 1 amide bonds. The third-order valence-corrected chi connectivity index (χ3v) is 2.46. The van der Waals surface area contributed by atoms with Crippen LogP contribution in [0.2, 0.25) is 0 Å². The van der Waals surface area contributed by atoms with Crippen LogP contribution in [0.4, 0.5) is 0 Å². The smallest absolute Gasteiger partial charge is 0.226 e. The number of hydrogen-bond donors (Lipinski definition) is 3. The van der Waals surface area contributed by atoms with E-state index in [9.17, 15) is 4.79 Å². The largest absolute Gasteiger partial charge is 0.354 e. The van der Waals surface area contributed by atoms with E-state index in [1.54, 1.807) is 0 Å². The van der Waals surface area contributed by atoms with Crippen molar-refractivity contribution in [3.63, 3.8) is 0 Å². The number of carbonyl (C=O) groups excluding carboxylic acids is 1. The van der Waals surface area contributed by atoms with E-state index in [1.807, 2.05) is 19.0 Å².